The molecule has 0 aromatic heterocycles. The summed E-state index contributed by atoms with van der Waals surface area (Å²) in [6.45, 7) is 3.94. The monoisotopic (exact) mass is 310 g/mol. The highest BCUT2D eigenvalue weighted by Crippen LogP contribution is 2.06. The molecule has 2 atom stereocenters. The van der Waals surface area contributed by atoms with E-state index >= 15 is 0 Å². The molecule has 0 spiro atoms. The van der Waals surface area contributed by atoms with Gasteiger partial charge in [0, 0.05) is 25.7 Å². The Bertz CT molecular complexity index is 414. The van der Waals surface area contributed by atoms with Gasteiger partial charge in [0.2, 0.25) is 0 Å². The van der Waals surface area contributed by atoms with Crippen molar-refractivity contribution in [1.82, 2.24) is 10.6 Å². The first-order valence-corrected chi connectivity index (χ1v) is 7.63. The Balaban J connectivity index is 2.49. The quantitative estimate of drug-likeness (QED) is 0.462. The van der Waals surface area contributed by atoms with Gasteiger partial charge in [-0.05, 0) is 18.4 Å². The third-order valence-corrected chi connectivity index (χ3v) is 3.23. The number of carbonyl (C=O) groups is 1. The van der Waals surface area contributed by atoms with Crippen LogP contribution in [-0.2, 0) is 11.2 Å². The van der Waals surface area contributed by atoms with E-state index < -0.39 is 12.2 Å². The number of rotatable bonds is 11. The van der Waals surface area contributed by atoms with Crippen molar-refractivity contribution in [1.29, 1.82) is 0 Å². The molecule has 124 valence electrons. The molecule has 1 rings (SSSR count). The van der Waals surface area contributed by atoms with Crippen molar-refractivity contribution in [3.05, 3.63) is 35.9 Å². The summed E-state index contributed by atoms with van der Waals surface area (Å²) in [5.41, 5.74) is 1.09. The van der Waals surface area contributed by atoms with Crippen LogP contribution in [0.25, 0.3) is 0 Å². The minimum absolute atomic E-state index is 0.00431. The van der Waals surface area contributed by atoms with Crippen LogP contribution in [0.3, 0.4) is 0 Å². The van der Waals surface area contributed by atoms with E-state index in [1.165, 1.54) is 0 Å². The van der Waals surface area contributed by atoms with Crippen molar-refractivity contribution in [2.24, 2.45) is 0 Å². The number of amides is 1. The van der Waals surface area contributed by atoms with Gasteiger partial charge in [-0.25, -0.2) is 4.79 Å². The molecule has 6 nitrogen and oxygen atoms in total. The molecule has 1 amide bonds. The second-order valence-corrected chi connectivity index (χ2v) is 5.12. The molecule has 0 heterocycles. The molecular formula is C16H26N2O4. The molecule has 0 saturated carbocycles. The van der Waals surface area contributed by atoms with E-state index in [9.17, 15) is 9.90 Å². The van der Waals surface area contributed by atoms with Crippen LogP contribution in [0.1, 0.15) is 18.9 Å². The third-order valence-electron chi connectivity index (χ3n) is 3.23. The first-order valence-electron chi connectivity index (χ1n) is 7.63. The maximum atomic E-state index is 10.6. The molecule has 1 aromatic carbocycles. The van der Waals surface area contributed by atoms with E-state index in [0.717, 1.165) is 12.0 Å². The number of nitrogens with one attached hydrogen (secondary N) is 2. The number of hydrogen-bond acceptors (Lipinski definition) is 4. The van der Waals surface area contributed by atoms with Crippen LogP contribution in [0, 0.1) is 0 Å². The molecule has 0 bridgehead atoms. The maximum Gasteiger partial charge on any atom is 0.404 e. The van der Waals surface area contributed by atoms with Crippen LogP contribution in [-0.4, -0.2) is 54.8 Å². The highest BCUT2D eigenvalue weighted by Gasteiger charge is 2.19. The van der Waals surface area contributed by atoms with Crippen LogP contribution in [0.4, 0.5) is 4.79 Å². The highest BCUT2D eigenvalue weighted by atomic mass is 16.5. The molecule has 0 aliphatic carbocycles. The van der Waals surface area contributed by atoms with E-state index in [4.69, 9.17) is 9.84 Å². The van der Waals surface area contributed by atoms with E-state index in [1.54, 1.807) is 0 Å². The fraction of sp³-hybridized carbons (Fsp3) is 0.562. The fourth-order valence-electron chi connectivity index (χ4n) is 2.11. The van der Waals surface area contributed by atoms with Gasteiger partial charge in [-0.15, -0.1) is 0 Å². The van der Waals surface area contributed by atoms with Gasteiger partial charge < -0.3 is 25.6 Å². The van der Waals surface area contributed by atoms with Crippen molar-refractivity contribution in [3.63, 3.8) is 0 Å². The molecule has 0 aliphatic rings. The first-order chi connectivity index (χ1) is 10.6. The number of aliphatic hydroxyl groups is 1. The van der Waals surface area contributed by atoms with Crippen LogP contribution in [0.15, 0.2) is 30.3 Å². The highest BCUT2D eigenvalue weighted by molar-refractivity contribution is 5.64. The van der Waals surface area contributed by atoms with Gasteiger partial charge in [0.1, 0.15) is 0 Å². The Morgan fingerprint density at radius 3 is 2.64 bits per heavy atom. The van der Waals surface area contributed by atoms with Gasteiger partial charge in [-0.1, -0.05) is 37.3 Å². The maximum absolute atomic E-state index is 10.6. The number of hydrogen-bond donors (Lipinski definition) is 4. The largest absolute Gasteiger partial charge is 0.465 e. The minimum Gasteiger partial charge on any atom is -0.465 e. The van der Waals surface area contributed by atoms with Gasteiger partial charge in [-0.2, -0.15) is 0 Å². The zero-order valence-corrected chi connectivity index (χ0v) is 13.0. The molecule has 4 N–H and O–H groups in total. The Labute approximate surface area is 131 Å². The third kappa shape index (κ3) is 7.97. The lowest BCUT2D eigenvalue weighted by Gasteiger charge is -2.24. The second kappa shape index (κ2) is 11.0. The molecule has 0 radical (unpaired) electrons. The summed E-state index contributed by atoms with van der Waals surface area (Å²) in [6, 6.07) is 9.56. The van der Waals surface area contributed by atoms with Crippen molar-refractivity contribution < 1.29 is 19.7 Å². The second-order valence-electron chi connectivity index (χ2n) is 5.12. The summed E-state index contributed by atoms with van der Waals surface area (Å²) in [4.78, 5) is 10.6. The molecule has 6 heteroatoms. The molecule has 0 fully saturated rings. The van der Waals surface area contributed by atoms with Crippen LogP contribution >= 0.6 is 0 Å². The number of ether oxygens (including phenoxy) is 1. The van der Waals surface area contributed by atoms with Gasteiger partial charge in [-0.3, -0.25) is 0 Å². The van der Waals surface area contributed by atoms with Gasteiger partial charge in [0.25, 0.3) is 0 Å². The standard InChI is InChI=1S/C16H26N2O4/c1-2-9-22-10-8-17-14(15(19)12-18-16(20)21)11-13-6-4-3-5-7-13/h3-7,14-15,17-19H,2,8-12H2,1H3,(H,20,21)/t14?,15-/m1/s1. The van der Waals surface area contributed by atoms with Crippen molar-refractivity contribution in [3.8, 4) is 0 Å². The Hall–Kier alpha value is -1.63. The molecule has 1 aromatic rings. The zero-order chi connectivity index (χ0) is 16.2. The average molecular weight is 310 g/mol. The lowest BCUT2D eigenvalue weighted by atomic mass is 10.0. The smallest absolute Gasteiger partial charge is 0.404 e. The molecular weight excluding hydrogens is 284 g/mol. The summed E-state index contributed by atoms with van der Waals surface area (Å²) in [6.07, 6.45) is -0.346. The van der Waals surface area contributed by atoms with Crippen LogP contribution in [0.5, 0.6) is 0 Å². The zero-order valence-electron chi connectivity index (χ0n) is 13.0. The van der Waals surface area contributed by atoms with Crippen molar-refractivity contribution in [2.75, 3.05) is 26.3 Å². The number of carboxylic acid groups (broad SMARTS) is 1. The molecule has 22 heavy (non-hydrogen) atoms. The number of benzene rings is 1. The molecule has 0 aliphatic heterocycles. The SMILES string of the molecule is CCCOCCNC(Cc1ccccc1)[C@H](O)CNC(=O)O. The van der Waals surface area contributed by atoms with E-state index in [0.29, 0.717) is 26.2 Å². The fourth-order valence-corrected chi connectivity index (χ4v) is 2.11. The Morgan fingerprint density at radius 2 is 2.00 bits per heavy atom. The predicted octanol–water partition coefficient (Wildman–Crippen LogP) is 1.24. The molecule has 0 saturated heterocycles. The minimum atomic E-state index is -1.14. The van der Waals surface area contributed by atoms with Gasteiger partial charge in [0.05, 0.1) is 12.7 Å². The van der Waals surface area contributed by atoms with E-state index in [-0.39, 0.29) is 12.6 Å². The Kier molecular flexibility index (Phi) is 9.21. The lowest BCUT2D eigenvalue weighted by Crippen LogP contribution is -2.48. The topological polar surface area (TPSA) is 90.8 Å². The summed E-state index contributed by atoms with van der Waals surface area (Å²) in [5.74, 6) is 0. The van der Waals surface area contributed by atoms with Gasteiger partial charge in [0.15, 0.2) is 0 Å². The van der Waals surface area contributed by atoms with Gasteiger partial charge >= 0.3 is 6.09 Å². The van der Waals surface area contributed by atoms with Crippen LogP contribution < -0.4 is 10.6 Å². The van der Waals surface area contributed by atoms with Crippen LogP contribution in [0.2, 0.25) is 0 Å². The Morgan fingerprint density at radius 1 is 1.27 bits per heavy atom. The summed E-state index contributed by atoms with van der Waals surface area (Å²) < 4.78 is 5.41. The lowest BCUT2D eigenvalue weighted by molar-refractivity contribution is 0.103. The predicted molar refractivity (Wildman–Crippen MR) is 85.1 cm³/mol. The summed E-state index contributed by atoms with van der Waals surface area (Å²) in [7, 11) is 0. The normalized spacial score (nSPS) is 13.5. The summed E-state index contributed by atoms with van der Waals surface area (Å²) in [5, 5.41) is 24.3. The average Bonchev–Trinajstić information content (AvgIpc) is 2.52. The summed E-state index contributed by atoms with van der Waals surface area (Å²) >= 11 is 0. The first kappa shape index (κ1) is 18.4. The molecule has 1 unspecified atom stereocenters. The van der Waals surface area contributed by atoms with Crippen molar-refractivity contribution >= 4 is 6.09 Å². The van der Waals surface area contributed by atoms with E-state index in [2.05, 4.69) is 10.6 Å². The number of aliphatic hydroxyl groups excluding tert-OH is 1. The van der Waals surface area contributed by atoms with E-state index in [1.807, 2.05) is 37.3 Å². The van der Waals surface area contributed by atoms with Crippen molar-refractivity contribution in [2.45, 2.75) is 31.9 Å².